The van der Waals surface area contributed by atoms with Crippen molar-refractivity contribution in [3.63, 3.8) is 0 Å². The zero-order chi connectivity index (χ0) is 19.9. The molecular formula is C21H20N4O3. The number of amides is 1. The third-order valence-corrected chi connectivity index (χ3v) is 4.04. The van der Waals surface area contributed by atoms with Crippen LogP contribution < -0.4 is 10.2 Å². The van der Waals surface area contributed by atoms with E-state index in [1.54, 1.807) is 37.3 Å². The van der Waals surface area contributed by atoms with Gasteiger partial charge in [0.15, 0.2) is 0 Å². The van der Waals surface area contributed by atoms with Crippen LogP contribution in [0.4, 0.5) is 17.2 Å². The zero-order valence-electron chi connectivity index (χ0n) is 15.6. The molecule has 0 saturated heterocycles. The molecule has 0 saturated carbocycles. The van der Waals surface area contributed by atoms with E-state index in [-0.39, 0.29) is 17.9 Å². The minimum absolute atomic E-state index is 0.187. The Kier molecular flexibility index (Phi) is 5.96. The van der Waals surface area contributed by atoms with Crippen LogP contribution in [0.5, 0.6) is 0 Å². The van der Waals surface area contributed by atoms with E-state index in [2.05, 4.69) is 15.3 Å². The maximum atomic E-state index is 12.7. The Morgan fingerprint density at radius 2 is 1.75 bits per heavy atom. The zero-order valence-corrected chi connectivity index (χ0v) is 15.6. The molecule has 1 aromatic heterocycles. The van der Waals surface area contributed by atoms with Gasteiger partial charge in [-0.15, -0.1) is 0 Å². The predicted molar refractivity (Wildman–Crippen MR) is 107 cm³/mol. The van der Waals surface area contributed by atoms with Crippen molar-refractivity contribution < 1.29 is 14.3 Å². The van der Waals surface area contributed by atoms with Crippen LogP contribution in [0.3, 0.4) is 0 Å². The minimum atomic E-state index is -0.495. The molecule has 0 aliphatic carbocycles. The SMILES string of the molecule is CCOC(=O)c1ccccc1NC(=O)c1cc(N(C)c2ccccc2)ncn1. The van der Waals surface area contributed by atoms with Crippen LogP contribution in [0.1, 0.15) is 27.8 Å². The monoisotopic (exact) mass is 376 g/mol. The molecule has 0 fully saturated rings. The van der Waals surface area contributed by atoms with Crippen molar-refractivity contribution in [2.24, 2.45) is 0 Å². The molecule has 0 spiro atoms. The summed E-state index contributed by atoms with van der Waals surface area (Å²) in [6.07, 6.45) is 1.33. The first-order chi connectivity index (χ1) is 13.6. The van der Waals surface area contributed by atoms with Gasteiger partial charge < -0.3 is 15.0 Å². The van der Waals surface area contributed by atoms with Crippen molar-refractivity contribution in [3.8, 4) is 0 Å². The second-order valence-electron chi connectivity index (χ2n) is 5.88. The second-order valence-corrected chi connectivity index (χ2v) is 5.88. The van der Waals surface area contributed by atoms with E-state index in [0.717, 1.165) is 5.69 Å². The average molecular weight is 376 g/mol. The molecule has 0 aliphatic heterocycles. The fourth-order valence-electron chi connectivity index (χ4n) is 2.60. The first-order valence-electron chi connectivity index (χ1n) is 8.78. The summed E-state index contributed by atoms with van der Waals surface area (Å²) in [5, 5.41) is 2.72. The minimum Gasteiger partial charge on any atom is -0.462 e. The highest BCUT2D eigenvalue weighted by Crippen LogP contribution is 2.22. The molecule has 142 valence electrons. The summed E-state index contributed by atoms with van der Waals surface area (Å²) >= 11 is 0. The molecule has 3 rings (SSSR count). The summed E-state index contributed by atoms with van der Waals surface area (Å²) in [4.78, 5) is 34.9. The number of ether oxygens (including phenoxy) is 1. The topological polar surface area (TPSA) is 84.4 Å². The van der Waals surface area contributed by atoms with Gasteiger partial charge in [-0.2, -0.15) is 0 Å². The van der Waals surface area contributed by atoms with Crippen molar-refractivity contribution in [2.75, 3.05) is 23.9 Å². The molecule has 3 aromatic rings. The number of benzene rings is 2. The van der Waals surface area contributed by atoms with Gasteiger partial charge in [-0.1, -0.05) is 30.3 Å². The van der Waals surface area contributed by atoms with Gasteiger partial charge in [-0.25, -0.2) is 14.8 Å². The Labute approximate surface area is 163 Å². The lowest BCUT2D eigenvalue weighted by Crippen LogP contribution is -2.18. The maximum absolute atomic E-state index is 12.7. The highest BCUT2D eigenvalue weighted by atomic mass is 16.5. The number of para-hydroxylation sites is 2. The largest absolute Gasteiger partial charge is 0.462 e. The Hall–Kier alpha value is -3.74. The van der Waals surface area contributed by atoms with Crippen molar-refractivity contribution in [3.05, 3.63) is 78.2 Å². The number of rotatable bonds is 6. The predicted octanol–water partition coefficient (Wildman–Crippen LogP) is 3.67. The Morgan fingerprint density at radius 3 is 2.50 bits per heavy atom. The van der Waals surface area contributed by atoms with Crippen LogP contribution in [0.25, 0.3) is 0 Å². The highest BCUT2D eigenvalue weighted by Gasteiger charge is 2.16. The van der Waals surface area contributed by atoms with Crippen LogP contribution >= 0.6 is 0 Å². The van der Waals surface area contributed by atoms with E-state index in [4.69, 9.17) is 4.74 Å². The Morgan fingerprint density at radius 1 is 1.04 bits per heavy atom. The number of carbonyl (C=O) groups excluding carboxylic acids is 2. The van der Waals surface area contributed by atoms with E-state index in [1.807, 2.05) is 42.3 Å². The second kappa shape index (κ2) is 8.77. The standard InChI is InChI=1S/C21H20N4O3/c1-3-28-21(27)16-11-7-8-12-17(16)24-20(26)18-13-19(23-14-22-18)25(2)15-9-5-4-6-10-15/h4-14H,3H2,1-2H3,(H,24,26). The molecule has 0 bridgehead atoms. The molecule has 7 heteroatoms. The van der Waals surface area contributed by atoms with Gasteiger partial charge in [0.1, 0.15) is 17.8 Å². The van der Waals surface area contributed by atoms with Gasteiger partial charge in [-0.3, -0.25) is 4.79 Å². The van der Waals surface area contributed by atoms with E-state index in [0.29, 0.717) is 11.5 Å². The smallest absolute Gasteiger partial charge is 0.340 e. The third kappa shape index (κ3) is 4.32. The number of carbonyl (C=O) groups is 2. The summed E-state index contributed by atoms with van der Waals surface area (Å²) in [5.41, 5.74) is 1.77. The van der Waals surface area contributed by atoms with E-state index in [1.165, 1.54) is 6.33 Å². The molecule has 0 radical (unpaired) electrons. The number of aromatic nitrogens is 2. The summed E-state index contributed by atoms with van der Waals surface area (Å²) in [7, 11) is 1.86. The van der Waals surface area contributed by atoms with E-state index < -0.39 is 11.9 Å². The molecule has 1 heterocycles. The van der Waals surface area contributed by atoms with Crippen LogP contribution in [-0.4, -0.2) is 35.5 Å². The lowest BCUT2D eigenvalue weighted by molar-refractivity contribution is 0.0527. The molecule has 28 heavy (non-hydrogen) atoms. The average Bonchev–Trinajstić information content (AvgIpc) is 2.74. The fourth-order valence-corrected chi connectivity index (χ4v) is 2.60. The van der Waals surface area contributed by atoms with Crippen LogP contribution in [-0.2, 0) is 4.74 Å². The molecule has 0 unspecified atom stereocenters. The maximum Gasteiger partial charge on any atom is 0.340 e. The normalized spacial score (nSPS) is 10.2. The fraction of sp³-hybridized carbons (Fsp3) is 0.143. The van der Waals surface area contributed by atoms with Gasteiger partial charge >= 0.3 is 5.97 Å². The molecule has 1 N–H and O–H groups in total. The molecule has 2 aromatic carbocycles. The summed E-state index contributed by atoms with van der Waals surface area (Å²) in [6.45, 7) is 1.98. The van der Waals surface area contributed by atoms with Crippen molar-refractivity contribution in [1.82, 2.24) is 9.97 Å². The number of hydrogen-bond donors (Lipinski definition) is 1. The Bertz CT molecular complexity index is 976. The molecule has 1 amide bonds. The molecule has 7 nitrogen and oxygen atoms in total. The quantitative estimate of drug-likeness (QED) is 0.661. The van der Waals surface area contributed by atoms with Crippen LogP contribution in [0.15, 0.2) is 67.0 Å². The molecule has 0 atom stereocenters. The number of hydrogen-bond acceptors (Lipinski definition) is 6. The number of anilines is 3. The number of esters is 1. The number of nitrogens with zero attached hydrogens (tertiary/aromatic N) is 3. The highest BCUT2D eigenvalue weighted by molar-refractivity contribution is 6.07. The lowest BCUT2D eigenvalue weighted by atomic mass is 10.1. The van der Waals surface area contributed by atoms with Crippen LogP contribution in [0.2, 0.25) is 0 Å². The first kappa shape index (κ1) is 19.0. The molecule has 0 aliphatic rings. The van der Waals surface area contributed by atoms with Gasteiger partial charge in [0.25, 0.3) is 5.91 Å². The summed E-state index contributed by atoms with van der Waals surface area (Å²) < 4.78 is 5.03. The number of nitrogens with one attached hydrogen (secondary N) is 1. The van der Waals surface area contributed by atoms with Crippen LogP contribution in [0, 0.1) is 0 Å². The van der Waals surface area contributed by atoms with Gasteiger partial charge in [0.05, 0.1) is 17.9 Å². The van der Waals surface area contributed by atoms with Crippen molar-refractivity contribution in [2.45, 2.75) is 6.92 Å². The van der Waals surface area contributed by atoms with E-state index in [9.17, 15) is 9.59 Å². The first-order valence-corrected chi connectivity index (χ1v) is 8.78. The van der Waals surface area contributed by atoms with Gasteiger partial charge in [0.2, 0.25) is 0 Å². The molecular weight excluding hydrogens is 356 g/mol. The third-order valence-electron chi connectivity index (χ3n) is 4.04. The van der Waals surface area contributed by atoms with Gasteiger partial charge in [-0.05, 0) is 31.2 Å². The lowest BCUT2D eigenvalue weighted by Gasteiger charge is -2.18. The van der Waals surface area contributed by atoms with Crippen molar-refractivity contribution >= 4 is 29.1 Å². The van der Waals surface area contributed by atoms with Gasteiger partial charge in [0, 0.05) is 18.8 Å². The van der Waals surface area contributed by atoms with Crippen molar-refractivity contribution in [1.29, 1.82) is 0 Å². The van der Waals surface area contributed by atoms with E-state index >= 15 is 0 Å². The summed E-state index contributed by atoms with van der Waals surface area (Å²) in [6, 6.07) is 17.9. The Balaban J connectivity index is 1.82. The summed E-state index contributed by atoms with van der Waals surface area (Å²) in [5.74, 6) is -0.363.